The standard InChI is InChI=1S/C18H18FN3O3S/c1-11(12-3-6-15(7-4-12)26(20,24)25)22(2)18(23)17-10-13-9-14(19)5-8-16(13)21-17/h3-11,21H,1-2H3,(H2,20,24,25). The van der Waals surface area contributed by atoms with Crippen LogP contribution < -0.4 is 5.14 Å². The van der Waals surface area contributed by atoms with Crippen molar-refractivity contribution in [2.24, 2.45) is 5.14 Å². The summed E-state index contributed by atoms with van der Waals surface area (Å²) in [6.45, 7) is 1.83. The molecule has 2 aromatic carbocycles. The zero-order valence-electron chi connectivity index (χ0n) is 14.2. The summed E-state index contributed by atoms with van der Waals surface area (Å²) in [6.07, 6.45) is 0. The van der Waals surface area contributed by atoms with Gasteiger partial charge in [-0.1, -0.05) is 12.1 Å². The molecule has 8 heteroatoms. The van der Waals surface area contributed by atoms with Gasteiger partial charge in [-0.05, 0) is 48.9 Å². The lowest BCUT2D eigenvalue weighted by Gasteiger charge is -2.25. The van der Waals surface area contributed by atoms with E-state index in [0.29, 0.717) is 16.6 Å². The predicted molar refractivity (Wildman–Crippen MR) is 96.6 cm³/mol. The summed E-state index contributed by atoms with van der Waals surface area (Å²) in [6, 6.07) is 11.6. The molecule has 1 amide bonds. The third kappa shape index (κ3) is 3.47. The van der Waals surface area contributed by atoms with Crippen LogP contribution in [0.5, 0.6) is 0 Å². The molecule has 1 unspecified atom stereocenters. The molecule has 0 saturated heterocycles. The minimum atomic E-state index is -3.76. The number of hydrogen-bond donors (Lipinski definition) is 2. The Balaban J connectivity index is 1.84. The van der Waals surface area contributed by atoms with Crippen molar-refractivity contribution in [2.45, 2.75) is 17.9 Å². The molecule has 6 nitrogen and oxygen atoms in total. The zero-order valence-corrected chi connectivity index (χ0v) is 15.0. The van der Waals surface area contributed by atoms with Gasteiger partial charge in [0.15, 0.2) is 0 Å². The fourth-order valence-electron chi connectivity index (χ4n) is 2.74. The van der Waals surface area contributed by atoms with Gasteiger partial charge in [0.05, 0.1) is 10.9 Å². The van der Waals surface area contributed by atoms with Crippen molar-refractivity contribution in [1.29, 1.82) is 0 Å². The van der Waals surface area contributed by atoms with E-state index in [4.69, 9.17) is 5.14 Å². The van der Waals surface area contributed by atoms with E-state index in [-0.39, 0.29) is 22.7 Å². The normalized spacial score (nSPS) is 12.9. The summed E-state index contributed by atoms with van der Waals surface area (Å²) < 4.78 is 36.0. The van der Waals surface area contributed by atoms with E-state index in [2.05, 4.69) is 4.98 Å². The summed E-state index contributed by atoms with van der Waals surface area (Å²) in [7, 11) is -2.11. The minimum Gasteiger partial charge on any atom is -0.351 e. The fourth-order valence-corrected chi connectivity index (χ4v) is 3.26. The van der Waals surface area contributed by atoms with Crippen molar-refractivity contribution < 1.29 is 17.6 Å². The lowest BCUT2D eigenvalue weighted by Crippen LogP contribution is -2.29. The van der Waals surface area contributed by atoms with E-state index in [1.165, 1.54) is 29.2 Å². The van der Waals surface area contributed by atoms with Crippen LogP contribution in [0.4, 0.5) is 4.39 Å². The highest BCUT2D eigenvalue weighted by molar-refractivity contribution is 7.89. The van der Waals surface area contributed by atoms with Gasteiger partial charge in [-0.3, -0.25) is 4.79 Å². The first-order chi connectivity index (χ1) is 12.2. The van der Waals surface area contributed by atoms with Crippen molar-refractivity contribution in [2.75, 3.05) is 7.05 Å². The molecule has 1 heterocycles. The largest absolute Gasteiger partial charge is 0.351 e. The number of aromatic amines is 1. The molecule has 26 heavy (non-hydrogen) atoms. The van der Waals surface area contributed by atoms with Gasteiger partial charge in [0, 0.05) is 18.0 Å². The van der Waals surface area contributed by atoms with Crippen LogP contribution in [0.15, 0.2) is 53.4 Å². The van der Waals surface area contributed by atoms with E-state index >= 15 is 0 Å². The highest BCUT2D eigenvalue weighted by Crippen LogP contribution is 2.24. The number of nitrogens with two attached hydrogens (primary N) is 1. The highest BCUT2D eigenvalue weighted by Gasteiger charge is 2.21. The maximum atomic E-state index is 13.3. The van der Waals surface area contributed by atoms with Gasteiger partial charge in [-0.25, -0.2) is 17.9 Å². The molecule has 1 aromatic heterocycles. The van der Waals surface area contributed by atoms with Gasteiger partial charge in [0.2, 0.25) is 10.0 Å². The Morgan fingerprint density at radius 3 is 2.42 bits per heavy atom. The van der Waals surface area contributed by atoms with Crippen molar-refractivity contribution >= 4 is 26.8 Å². The molecule has 1 atom stereocenters. The quantitative estimate of drug-likeness (QED) is 0.734. The summed E-state index contributed by atoms with van der Waals surface area (Å²) in [5, 5.41) is 5.71. The third-order valence-electron chi connectivity index (χ3n) is 4.41. The maximum absolute atomic E-state index is 13.3. The molecule has 0 fully saturated rings. The molecule has 0 aliphatic heterocycles. The number of nitrogens with zero attached hydrogens (tertiary/aromatic N) is 1. The first kappa shape index (κ1) is 18.1. The monoisotopic (exact) mass is 375 g/mol. The van der Waals surface area contributed by atoms with E-state index in [0.717, 1.165) is 5.56 Å². The zero-order chi connectivity index (χ0) is 19.1. The summed E-state index contributed by atoms with van der Waals surface area (Å²) in [5.74, 6) is -0.628. The number of fused-ring (bicyclic) bond motifs is 1. The second-order valence-corrected chi connectivity index (χ2v) is 7.68. The molecule has 136 valence electrons. The van der Waals surface area contributed by atoms with Gasteiger partial charge < -0.3 is 9.88 Å². The fraction of sp³-hybridized carbons (Fsp3) is 0.167. The number of primary sulfonamides is 1. The summed E-state index contributed by atoms with van der Waals surface area (Å²) in [4.78, 5) is 17.2. The number of carbonyl (C=O) groups is 1. The van der Waals surface area contributed by atoms with Crippen LogP contribution in [-0.2, 0) is 10.0 Å². The molecule has 0 bridgehead atoms. The number of hydrogen-bond acceptors (Lipinski definition) is 3. The van der Waals surface area contributed by atoms with Crippen molar-refractivity contribution in [3.8, 4) is 0 Å². The Hall–Kier alpha value is -2.71. The number of carbonyl (C=O) groups excluding carboxylic acids is 1. The van der Waals surface area contributed by atoms with Crippen molar-refractivity contribution in [3.05, 3.63) is 65.6 Å². The lowest BCUT2D eigenvalue weighted by molar-refractivity contribution is 0.0737. The van der Waals surface area contributed by atoms with Crippen LogP contribution >= 0.6 is 0 Å². The number of benzene rings is 2. The summed E-state index contributed by atoms with van der Waals surface area (Å²) in [5.41, 5.74) is 1.78. The Labute approximate surface area is 150 Å². The number of rotatable bonds is 4. The van der Waals surface area contributed by atoms with Gasteiger partial charge in [0.25, 0.3) is 5.91 Å². The molecule has 0 radical (unpaired) electrons. The molecule has 0 saturated carbocycles. The number of sulfonamides is 1. The van der Waals surface area contributed by atoms with Gasteiger partial charge in [-0.2, -0.15) is 0 Å². The van der Waals surface area contributed by atoms with E-state index in [1.54, 1.807) is 31.3 Å². The van der Waals surface area contributed by atoms with Crippen LogP contribution in [0.25, 0.3) is 10.9 Å². The minimum absolute atomic E-state index is 0.0140. The maximum Gasteiger partial charge on any atom is 0.270 e. The SMILES string of the molecule is CC(c1ccc(S(N)(=O)=O)cc1)N(C)C(=O)c1cc2cc(F)ccc2[nH]1. The lowest BCUT2D eigenvalue weighted by atomic mass is 10.1. The van der Waals surface area contributed by atoms with Gasteiger partial charge in [-0.15, -0.1) is 0 Å². The van der Waals surface area contributed by atoms with E-state index < -0.39 is 10.0 Å². The second-order valence-electron chi connectivity index (χ2n) is 6.12. The molecule has 0 spiro atoms. The number of H-pyrrole nitrogens is 1. The molecule has 0 aliphatic carbocycles. The third-order valence-corrected chi connectivity index (χ3v) is 5.33. The average Bonchev–Trinajstić information content (AvgIpc) is 3.02. The Kier molecular flexibility index (Phi) is 4.55. The van der Waals surface area contributed by atoms with Crippen LogP contribution in [-0.4, -0.2) is 31.3 Å². The topological polar surface area (TPSA) is 96.3 Å². The number of halogens is 1. The Morgan fingerprint density at radius 1 is 1.15 bits per heavy atom. The van der Waals surface area contributed by atoms with Gasteiger partial charge >= 0.3 is 0 Å². The Bertz CT molecular complexity index is 1070. The van der Waals surface area contributed by atoms with E-state index in [9.17, 15) is 17.6 Å². The Morgan fingerprint density at radius 2 is 1.81 bits per heavy atom. The van der Waals surface area contributed by atoms with Crippen LogP contribution in [0.3, 0.4) is 0 Å². The molecule has 3 aromatic rings. The predicted octanol–water partition coefficient (Wildman–Crippen LogP) is 2.79. The van der Waals surface area contributed by atoms with E-state index in [1.807, 2.05) is 6.92 Å². The molecule has 3 rings (SSSR count). The average molecular weight is 375 g/mol. The molecule has 0 aliphatic rings. The number of aromatic nitrogens is 1. The van der Waals surface area contributed by atoms with Crippen LogP contribution in [0, 0.1) is 5.82 Å². The summed E-state index contributed by atoms with van der Waals surface area (Å²) >= 11 is 0. The van der Waals surface area contributed by atoms with Crippen molar-refractivity contribution in [3.63, 3.8) is 0 Å². The second kappa shape index (κ2) is 6.54. The molecule has 3 N–H and O–H groups in total. The molecular formula is C18H18FN3O3S. The first-order valence-electron chi connectivity index (χ1n) is 7.85. The number of amides is 1. The smallest absolute Gasteiger partial charge is 0.270 e. The molecular weight excluding hydrogens is 357 g/mol. The highest BCUT2D eigenvalue weighted by atomic mass is 32.2. The van der Waals surface area contributed by atoms with Crippen LogP contribution in [0.1, 0.15) is 29.0 Å². The number of nitrogens with one attached hydrogen (secondary N) is 1. The van der Waals surface area contributed by atoms with Crippen LogP contribution in [0.2, 0.25) is 0 Å². The first-order valence-corrected chi connectivity index (χ1v) is 9.39. The van der Waals surface area contributed by atoms with Gasteiger partial charge in [0.1, 0.15) is 11.5 Å². The van der Waals surface area contributed by atoms with Crippen molar-refractivity contribution in [1.82, 2.24) is 9.88 Å².